The van der Waals surface area contributed by atoms with E-state index in [1.807, 2.05) is 0 Å². The van der Waals surface area contributed by atoms with Crippen molar-refractivity contribution in [3.05, 3.63) is 40.5 Å². The summed E-state index contributed by atoms with van der Waals surface area (Å²) >= 11 is 0. The molecule has 0 heterocycles. The van der Waals surface area contributed by atoms with Gasteiger partial charge in [0.25, 0.3) is 0 Å². The molecule has 0 aliphatic rings. The van der Waals surface area contributed by atoms with Crippen molar-refractivity contribution in [2.45, 2.75) is 47.0 Å². The van der Waals surface area contributed by atoms with Crippen LogP contribution in [0.4, 0.5) is 0 Å². The minimum absolute atomic E-state index is 1.20. The fourth-order valence-corrected chi connectivity index (χ4v) is 1.98. The van der Waals surface area contributed by atoms with Gasteiger partial charge in [0, 0.05) is 0 Å². The topological polar surface area (TPSA) is 0 Å². The summed E-state index contributed by atoms with van der Waals surface area (Å²) in [6, 6.07) is 4.51. The van der Waals surface area contributed by atoms with Gasteiger partial charge < -0.3 is 0 Å². The molecule has 0 N–H and O–H groups in total. The Labute approximate surface area is 94.0 Å². The summed E-state index contributed by atoms with van der Waals surface area (Å²) < 4.78 is 0. The van der Waals surface area contributed by atoms with Gasteiger partial charge in [-0.3, -0.25) is 0 Å². The number of hydrogen-bond acceptors (Lipinski definition) is 0. The van der Waals surface area contributed by atoms with Crippen molar-refractivity contribution < 1.29 is 0 Å². The monoisotopic (exact) mass is 202 g/mol. The van der Waals surface area contributed by atoms with Gasteiger partial charge >= 0.3 is 0 Å². The zero-order valence-corrected chi connectivity index (χ0v) is 10.4. The van der Waals surface area contributed by atoms with Crippen molar-refractivity contribution in [3.63, 3.8) is 0 Å². The van der Waals surface area contributed by atoms with Crippen molar-refractivity contribution in [2.24, 2.45) is 0 Å². The predicted octanol–water partition coefficient (Wildman–Crippen LogP) is 4.82. The number of unbranched alkanes of at least 4 members (excludes halogenated alkanes) is 2. The lowest BCUT2D eigenvalue weighted by atomic mass is 9.99. The van der Waals surface area contributed by atoms with Gasteiger partial charge in [0.2, 0.25) is 0 Å². The molecule has 0 spiro atoms. The number of allylic oxidation sites excluding steroid dienone is 1. The van der Waals surface area contributed by atoms with Gasteiger partial charge in [0.1, 0.15) is 0 Å². The van der Waals surface area contributed by atoms with Crippen LogP contribution in [0.15, 0.2) is 18.2 Å². The van der Waals surface area contributed by atoms with E-state index >= 15 is 0 Å². The van der Waals surface area contributed by atoms with Gasteiger partial charge in [-0.05, 0) is 43.9 Å². The first-order valence-corrected chi connectivity index (χ1v) is 5.89. The van der Waals surface area contributed by atoms with Crippen molar-refractivity contribution in [2.75, 3.05) is 0 Å². The summed E-state index contributed by atoms with van der Waals surface area (Å²) in [5.41, 5.74) is 5.54. The summed E-state index contributed by atoms with van der Waals surface area (Å²) in [6.45, 7) is 8.78. The second kappa shape index (κ2) is 5.75. The average Bonchev–Trinajstić information content (AvgIpc) is 2.15. The molecule has 15 heavy (non-hydrogen) atoms. The van der Waals surface area contributed by atoms with Crippen molar-refractivity contribution in [1.29, 1.82) is 0 Å². The third kappa shape index (κ3) is 3.54. The van der Waals surface area contributed by atoms with E-state index in [1.165, 1.54) is 41.5 Å². The van der Waals surface area contributed by atoms with E-state index in [4.69, 9.17) is 0 Å². The summed E-state index contributed by atoms with van der Waals surface area (Å²) in [4.78, 5) is 0. The van der Waals surface area contributed by atoms with Crippen LogP contribution in [-0.4, -0.2) is 0 Å². The van der Waals surface area contributed by atoms with Crippen LogP contribution in [0.3, 0.4) is 0 Å². The van der Waals surface area contributed by atoms with Gasteiger partial charge in [0.05, 0.1) is 0 Å². The molecule has 0 radical (unpaired) electrons. The number of hydrogen-bond donors (Lipinski definition) is 0. The van der Waals surface area contributed by atoms with Gasteiger partial charge in [-0.15, -0.1) is 0 Å². The molecule has 0 saturated heterocycles. The molecule has 0 aliphatic heterocycles. The van der Waals surface area contributed by atoms with Gasteiger partial charge in [-0.2, -0.15) is 0 Å². The molecule has 0 heteroatoms. The first kappa shape index (κ1) is 12.0. The molecule has 0 aliphatic carbocycles. The van der Waals surface area contributed by atoms with Crippen LogP contribution in [0.25, 0.3) is 6.08 Å². The number of rotatable bonds is 4. The fourth-order valence-electron chi connectivity index (χ4n) is 1.98. The highest BCUT2D eigenvalue weighted by Crippen LogP contribution is 2.18. The summed E-state index contributed by atoms with van der Waals surface area (Å²) in [5.74, 6) is 0. The molecule has 0 fully saturated rings. The maximum absolute atomic E-state index is 2.30. The lowest BCUT2D eigenvalue weighted by Gasteiger charge is -2.06. The van der Waals surface area contributed by atoms with Gasteiger partial charge in [-0.1, -0.05) is 49.6 Å². The molecule has 1 aromatic rings. The van der Waals surface area contributed by atoms with Crippen molar-refractivity contribution in [1.82, 2.24) is 0 Å². The summed E-state index contributed by atoms with van der Waals surface area (Å²) in [6.07, 6.45) is 8.34. The highest BCUT2D eigenvalue weighted by molar-refractivity contribution is 5.58. The Kier molecular flexibility index (Phi) is 4.61. The third-order valence-corrected chi connectivity index (χ3v) is 2.75. The molecule has 1 aromatic carbocycles. The van der Waals surface area contributed by atoms with E-state index in [-0.39, 0.29) is 0 Å². The zero-order chi connectivity index (χ0) is 11.3. The lowest BCUT2D eigenvalue weighted by molar-refractivity contribution is 0.816. The maximum Gasteiger partial charge on any atom is -0.0201 e. The van der Waals surface area contributed by atoms with E-state index in [0.717, 1.165) is 0 Å². The maximum atomic E-state index is 2.30. The quantitative estimate of drug-likeness (QED) is 0.614. The van der Waals surface area contributed by atoms with E-state index < -0.39 is 0 Å². The molecular formula is C15H22. The molecule has 82 valence electrons. The number of benzene rings is 1. The molecular weight excluding hydrogens is 180 g/mol. The normalized spacial score (nSPS) is 11.2. The van der Waals surface area contributed by atoms with Crippen LogP contribution >= 0.6 is 0 Å². The van der Waals surface area contributed by atoms with E-state index in [9.17, 15) is 0 Å². The molecule has 0 saturated carbocycles. The molecule has 1 rings (SSSR count). The van der Waals surface area contributed by atoms with Gasteiger partial charge in [0.15, 0.2) is 0 Å². The molecule has 0 amide bonds. The van der Waals surface area contributed by atoms with Crippen molar-refractivity contribution >= 4 is 6.08 Å². The SMILES string of the molecule is CCCC/C=C\c1c(C)cc(C)cc1C. The second-order valence-corrected chi connectivity index (χ2v) is 4.36. The standard InChI is InChI=1S/C15H22/c1-5-6-7-8-9-15-13(3)10-12(2)11-14(15)4/h8-11H,5-7H2,1-4H3/b9-8-. The first-order chi connectivity index (χ1) is 7.15. The van der Waals surface area contributed by atoms with Gasteiger partial charge in [-0.25, -0.2) is 0 Å². The summed E-state index contributed by atoms with van der Waals surface area (Å²) in [5, 5.41) is 0. The van der Waals surface area contributed by atoms with Crippen molar-refractivity contribution in [3.8, 4) is 0 Å². The number of aryl methyl sites for hydroxylation is 3. The second-order valence-electron chi connectivity index (χ2n) is 4.36. The predicted molar refractivity (Wildman–Crippen MR) is 69.2 cm³/mol. The van der Waals surface area contributed by atoms with Crippen LogP contribution in [0, 0.1) is 20.8 Å². The van der Waals surface area contributed by atoms with Crippen LogP contribution in [0.2, 0.25) is 0 Å². The van der Waals surface area contributed by atoms with E-state index in [0.29, 0.717) is 0 Å². The Balaban J connectivity index is 2.80. The largest absolute Gasteiger partial charge is 0.0839 e. The smallest absolute Gasteiger partial charge is 0.0201 e. The van der Waals surface area contributed by atoms with E-state index in [1.54, 1.807) is 0 Å². The molecule has 0 aromatic heterocycles. The molecule has 0 nitrogen and oxygen atoms in total. The van der Waals surface area contributed by atoms with Crippen LogP contribution in [0.1, 0.15) is 48.4 Å². The van der Waals surface area contributed by atoms with Crippen LogP contribution in [0.5, 0.6) is 0 Å². The Bertz CT molecular complexity index is 322. The van der Waals surface area contributed by atoms with Crippen LogP contribution < -0.4 is 0 Å². The molecule has 0 bridgehead atoms. The minimum atomic E-state index is 1.20. The Morgan fingerprint density at radius 2 is 1.67 bits per heavy atom. The third-order valence-electron chi connectivity index (χ3n) is 2.75. The van der Waals surface area contributed by atoms with Crippen LogP contribution in [-0.2, 0) is 0 Å². The zero-order valence-electron chi connectivity index (χ0n) is 10.4. The lowest BCUT2D eigenvalue weighted by Crippen LogP contribution is -1.88. The minimum Gasteiger partial charge on any atom is -0.0839 e. The Hall–Kier alpha value is -1.04. The summed E-state index contributed by atoms with van der Waals surface area (Å²) in [7, 11) is 0. The highest BCUT2D eigenvalue weighted by Gasteiger charge is 1.99. The average molecular weight is 202 g/mol. The first-order valence-electron chi connectivity index (χ1n) is 5.89. The molecule has 0 unspecified atom stereocenters. The highest BCUT2D eigenvalue weighted by atomic mass is 14.0. The fraction of sp³-hybridized carbons (Fsp3) is 0.467. The molecule has 0 atom stereocenters. The van der Waals surface area contributed by atoms with E-state index in [2.05, 4.69) is 52.0 Å². The Morgan fingerprint density at radius 3 is 2.20 bits per heavy atom. The Morgan fingerprint density at radius 1 is 1.07 bits per heavy atom.